The summed E-state index contributed by atoms with van der Waals surface area (Å²) in [5.74, 6) is 0.256. The number of hydrogen-bond acceptors (Lipinski definition) is 5. The van der Waals surface area contributed by atoms with Gasteiger partial charge < -0.3 is 19.7 Å². The summed E-state index contributed by atoms with van der Waals surface area (Å²) in [5.41, 5.74) is 1.63. The highest BCUT2D eigenvalue weighted by Gasteiger charge is 2.50. The van der Waals surface area contributed by atoms with Crippen LogP contribution in [-0.2, 0) is 23.3 Å². The number of ether oxygens (including phenoxy) is 2. The van der Waals surface area contributed by atoms with Crippen molar-refractivity contribution in [3.05, 3.63) is 58.7 Å². The molecule has 156 valence electrons. The van der Waals surface area contributed by atoms with Crippen LogP contribution in [0.4, 0.5) is 4.79 Å². The van der Waals surface area contributed by atoms with Gasteiger partial charge >= 0.3 is 6.03 Å². The molecule has 1 fully saturated rings. The topological polar surface area (TPSA) is 97.0 Å². The molecule has 8 nitrogen and oxygen atoms in total. The Hall–Kier alpha value is -3.55. The van der Waals surface area contributed by atoms with E-state index in [0.717, 1.165) is 17.5 Å². The molecule has 2 aromatic rings. The van der Waals surface area contributed by atoms with Crippen LogP contribution in [0.15, 0.2) is 36.4 Å². The first kappa shape index (κ1) is 19.8. The third kappa shape index (κ3) is 3.14. The lowest BCUT2D eigenvalue weighted by atomic mass is 9.88. The molecule has 0 aromatic heterocycles. The summed E-state index contributed by atoms with van der Waals surface area (Å²) in [5, 5.41) is 5.03. The third-order valence-electron chi connectivity index (χ3n) is 5.68. The van der Waals surface area contributed by atoms with Crippen molar-refractivity contribution in [2.24, 2.45) is 0 Å². The summed E-state index contributed by atoms with van der Waals surface area (Å²) in [6.07, 6.45) is 0.826. The molecule has 2 heterocycles. The number of carbonyl (C=O) groups is 3. The fourth-order valence-corrected chi connectivity index (χ4v) is 3.99. The standard InChI is InChI=1S/C22H23N3O5/c1-4-13-5-6-14-11-25(19(26)18(14)7-13)12-22(20(27)23-21(28)24-22)15-8-16(29-2)10-17(9-15)30-3/h5-10H,4,11-12H2,1-3H3,(H2,23,24,27,28). The molecular weight excluding hydrogens is 386 g/mol. The van der Waals surface area contributed by atoms with Gasteiger partial charge in [0.15, 0.2) is 5.54 Å². The Balaban J connectivity index is 1.74. The van der Waals surface area contributed by atoms with Gasteiger partial charge in [0.1, 0.15) is 11.5 Å². The van der Waals surface area contributed by atoms with Gasteiger partial charge in [0.05, 0.1) is 20.8 Å². The van der Waals surface area contributed by atoms with Crippen molar-refractivity contribution in [2.75, 3.05) is 20.8 Å². The van der Waals surface area contributed by atoms with Crippen LogP contribution < -0.4 is 20.1 Å². The van der Waals surface area contributed by atoms with Crippen LogP contribution in [0.3, 0.4) is 0 Å². The zero-order valence-corrected chi connectivity index (χ0v) is 17.1. The smallest absolute Gasteiger partial charge is 0.322 e. The summed E-state index contributed by atoms with van der Waals surface area (Å²) in [4.78, 5) is 39.7. The van der Waals surface area contributed by atoms with E-state index in [2.05, 4.69) is 10.6 Å². The molecular formula is C22H23N3O5. The van der Waals surface area contributed by atoms with E-state index < -0.39 is 17.5 Å². The van der Waals surface area contributed by atoms with Crippen LogP contribution in [0.5, 0.6) is 11.5 Å². The first-order valence-corrected chi connectivity index (χ1v) is 9.68. The van der Waals surface area contributed by atoms with Crippen molar-refractivity contribution in [1.29, 1.82) is 0 Å². The quantitative estimate of drug-likeness (QED) is 0.711. The number of fused-ring (bicyclic) bond motifs is 1. The van der Waals surface area contributed by atoms with Gasteiger partial charge in [-0.05, 0) is 41.3 Å². The number of nitrogens with zero attached hydrogens (tertiary/aromatic N) is 1. The zero-order chi connectivity index (χ0) is 21.5. The van der Waals surface area contributed by atoms with E-state index in [1.165, 1.54) is 14.2 Å². The number of imide groups is 1. The van der Waals surface area contributed by atoms with E-state index in [1.54, 1.807) is 23.1 Å². The van der Waals surface area contributed by atoms with E-state index in [1.807, 2.05) is 25.1 Å². The van der Waals surface area contributed by atoms with Gasteiger partial charge in [-0.2, -0.15) is 0 Å². The maximum atomic E-state index is 13.1. The Morgan fingerprint density at radius 1 is 1.03 bits per heavy atom. The Labute approximate surface area is 174 Å². The number of aryl methyl sites for hydroxylation is 1. The van der Waals surface area contributed by atoms with E-state index in [4.69, 9.17) is 9.47 Å². The normalized spacial score (nSPS) is 20.1. The molecule has 2 aliphatic rings. The van der Waals surface area contributed by atoms with Gasteiger partial charge in [0.25, 0.3) is 11.8 Å². The number of rotatable bonds is 6. The summed E-state index contributed by atoms with van der Waals surface area (Å²) in [7, 11) is 3.01. The minimum absolute atomic E-state index is 0.0180. The molecule has 0 radical (unpaired) electrons. The van der Waals surface area contributed by atoms with Crippen molar-refractivity contribution in [3.63, 3.8) is 0 Å². The summed E-state index contributed by atoms with van der Waals surface area (Å²) in [6.45, 7) is 2.38. The highest BCUT2D eigenvalue weighted by Crippen LogP contribution is 2.35. The summed E-state index contributed by atoms with van der Waals surface area (Å²) >= 11 is 0. The molecule has 2 aromatic carbocycles. The Kier molecular flexibility index (Phi) is 4.85. The van der Waals surface area contributed by atoms with Crippen LogP contribution in [0, 0.1) is 0 Å². The van der Waals surface area contributed by atoms with Crippen molar-refractivity contribution < 1.29 is 23.9 Å². The predicted octanol–water partition coefficient (Wildman–Crippen LogP) is 1.96. The number of hydrogen-bond donors (Lipinski definition) is 2. The van der Waals surface area contributed by atoms with Crippen LogP contribution in [0.25, 0.3) is 0 Å². The Morgan fingerprint density at radius 2 is 1.73 bits per heavy atom. The van der Waals surface area contributed by atoms with Crippen molar-refractivity contribution >= 4 is 17.8 Å². The van der Waals surface area contributed by atoms with E-state index in [0.29, 0.717) is 29.2 Å². The van der Waals surface area contributed by atoms with Crippen LogP contribution in [-0.4, -0.2) is 43.5 Å². The molecule has 2 N–H and O–H groups in total. The molecule has 1 atom stereocenters. The van der Waals surface area contributed by atoms with Crippen molar-refractivity contribution in [2.45, 2.75) is 25.4 Å². The molecule has 0 spiro atoms. The number of nitrogens with one attached hydrogen (secondary N) is 2. The highest BCUT2D eigenvalue weighted by atomic mass is 16.5. The second-order valence-electron chi connectivity index (χ2n) is 7.42. The van der Waals surface area contributed by atoms with E-state index in [-0.39, 0.29) is 12.5 Å². The monoisotopic (exact) mass is 409 g/mol. The summed E-state index contributed by atoms with van der Waals surface area (Å²) < 4.78 is 10.7. The van der Waals surface area contributed by atoms with E-state index >= 15 is 0 Å². The second-order valence-corrected chi connectivity index (χ2v) is 7.42. The minimum Gasteiger partial charge on any atom is -0.497 e. The molecule has 8 heteroatoms. The minimum atomic E-state index is -1.45. The zero-order valence-electron chi connectivity index (χ0n) is 17.1. The molecule has 4 amide bonds. The highest BCUT2D eigenvalue weighted by molar-refractivity contribution is 6.08. The fraction of sp³-hybridized carbons (Fsp3) is 0.318. The molecule has 0 bridgehead atoms. The van der Waals surface area contributed by atoms with Gasteiger partial charge in [0.2, 0.25) is 0 Å². The molecule has 4 rings (SSSR count). The van der Waals surface area contributed by atoms with E-state index in [9.17, 15) is 14.4 Å². The number of benzene rings is 2. The lowest BCUT2D eigenvalue weighted by molar-refractivity contribution is -0.124. The number of urea groups is 1. The third-order valence-corrected chi connectivity index (χ3v) is 5.68. The van der Waals surface area contributed by atoms with Crippen LogP contribution in [0.1, 0.15) is 34.0 Å². The van der Waals surface area contributed by atoms with Crippen molar-refractivity contribution in [1.82, 2.24) is 15.5 Å². The number of methoxy groups -OCH3 is 2. The maximum Gasteiger partial charge on any atom is 0.322 e. The SMILES string of the molecule is CCc1ccc2c(c1)C(=O)N(CC1(c3cc(OC)cc(OC)c3)NC(=O)NC1=O)C2. The lowest BCUT2D eigenvalue weighted by Crippen LogP contribution is -2.52. The van der Waals surface area contributed by atoms with Gasteiger partial charge in [0, 0.05) is 18.2 Å². The molecule has 1 saturated heterocycles. The van der Waals surface area contributed by atoms with Crippen LogP contribution >= 0.6 is 0 Å². The number of amides is 4. The average Bonchev–Trinajstić information content (AvgIpc) is 3.22. The van der Waals surface area contributed by atoms with Crippen molar-refractivity contribution in [3.8, 4) is 11.5 Å². The van der Waals surface area contributed by atoms with Gasteiger partial charge in [-0.3, -0.25) is 14.9 Å². The van der Waals surface area contributed by atoms with Gasteiger partial charge in [-0.15, -0.1) is 0 Å². The molecule has 1 unspecified atom stereocenters. The fourth-order valence-electron chi connectivity index (χ4n) is 3.99. The number of carbonyl (C=O) groups excluding carboxylic acids is 3. The summed E-state index contributed by atoms with van der Waals surface area (Å²) in [6, 6.07) is 10.2. The predicted molar refractivity (Wildman–Crippen MR) is 108 cm³/mol. The maximum absolute atomic E-state index is 13.1. The molecule has 2 aliphatic heterocycles. The molecule has 0 aliphatic carbocycles. The second kappa shape index (κ2) is 7.37. The average molecular weight is 409 g/mol. The molecule has 0 saturated carbocycles. The van der Waals surface area contributed by atoms with Gasteiger partial charge in [-0.1, -0.05) is 19.1 Å². The Morgan fingerprint density at radius 3 is 2.30 bits per heavy atom. The first-order valence-electron chi connectivity index (χ1n) is 9.68. The largest absolute Gasteiger partial charge is 0.497 e. The van der Waals surface area contributed by atoms with Gasteiger partial charge in [-0.25, -0.2) is 4.79 Å². The van der Waals surface area contributed by atoms with Crippen LogP contribution in [0.2, 0.25) is 0 Å². The first-order chi connectivity index (χ1) is 14.4. The Bertz CT molecular complexity index is 1030. The molecule has 30 heavy (non-hydrogen) atoms. The lowest BCUT2D eigenvalue weighted by Gasteiger charge is -2.31.